The summed E-state index contributed by atoms with van der Waals surface area (Å²) in [4.78, 5) is 12.9. The lowest BCUT2D eigenvalue weighted by molar-refractivity contribution is -0.143. The van der Waals surface area contributed by atoms with Crippen molar-refractivity contribution in [3.05, 3.63) is 0 Å². The maximum atomic E-state index is 10.6. The minimum Gasteiger partial charge on any atom is -0.481 e. The molecule has 1 fully saturated rings. The highest BCUT2D eigenvalue weighted by atomic mass is 79.9. The summed E-state index contributed by atoms with van der Waals surface area (Å²) in [6.45, 7) is 2.90. The molecule has 0 saturated carbocycles. The molecule has 1 aliphatic heterocycles. The van der Waals surface area contributed by atoms with Crippen LogP contribution in [-0.4, -0.2) is 40.9 Å². The first-order chi connectivity index (χ1) is 5.74. The minimum absolute atomic E-state index is 0.100. The summed E-state index contributed by atoms with van der Waals surface area (Å²) in [5, 5.41) is 9.70. The van der Waals surface area contributed by atoms with Crippen molar-refractivity contribution >= 4 is 21.9 Å². The molecule has 1 aliphatic rings. The van der Waals surface area contributed by atoms with Crippen molar-refractivity contribution in [3.8, 4) is 0 Å². The first kappa shape index (κ1) is 9.99. The largest absolute Gasteiger partial charge is 0.481 e. The number of likely N-dealkylation sites (tertiary alicyclic amines) is 1. The first-order valence-electron chi connectivity index (χ1n) is 4.25. The van der Waals surface area contributed by atoms with Gasteiger partial charge in [-0.25, -0.2) is 0 Å². The smallest absolute Gasteiger partial charge is 0.306 e. The number of rotatable bonds is 3. The summed E-state index contributed by atoms with van der Waals surface area (Å²) in [6, 6.07) is 0. The number of nitrogens with zero attached hydrogens (tertiary/aromatic N) is 1. The Kier molecular flexibility index (Phi) is 4.01. The van der Waals surface area contributed by atoms with Crippen LogP contribution in [0, 0.1) is 5.92 Å². The predicted octanol–water partition coefficient (Wildman–Crippen LogP) is 1.18. The topological polar surface area (TPSA) is 40.5 Å². The Labute approximate surface area is 80.9 Å². The number of carboxylic acid groups (broad SMARTS) is 1. The van der Waals surface area contributed by atoms with E-state index >= 15 is 0 Å². The van der Waals surface area contributed by atoms with Gasteiger partial charge in [-0.15, -0.1) is 0 Å². The van der Waals surface area contributed by atoms with Crippen LogP contribution in [0.1, 0.15) is 12.8 Å². The molecule has 0 bridgehead atoms. The molecule has 1 rings (SSSR count). The third-order valence-electron chi connectivity index (χ3n) is 2.34. The first-order valence-corrected chi connectivity index (χ1v) is 5.37. The zero-order chi connectivity index (χ0) is 8.97. The molecule has 4 heteroatoms. The number of hydrogen-bond donors (Lipinski definition) is 1. The van der Waals surface area contributed by atoms with Gasteiger partial charge in [0.2, 0.25) is 0 Å². The van der Waals surface area contributed by atoms with E-state index in [9.17, 15) is 4.79 Å². The molecule has 0 amide bonds. The SMILES string of the molecule is O=C(O)C1CCN(CCBr)CC1. The summed E-state index contributed by atoms with van der Waals surface area (Å²) in [6.07, 6.45) is 1.62. The highest BCUT2D eigenvalue weighted by Crippen LogP contribution is 2.16. The van der Waals surface area contributed by atoms with Crippen molar-refractivity contribution in [2.75, 3.05) is 25.0 Å². The fraction of sp³-hybridized carbons (Fsp3) is 0.875. The molecule has 70 valence electrons. The van der Waals surface area contributed by atoms with Gasteiger partial charge in [-0.1, -0.05) is 15.9 Å². The van der Waals surface area contributed by atoms with Crippen molar-refractivity contribution in [2.45, 2.75) is 12.8 Å². The van der Waals surface area contributed by atoms with Gasteiger partial charge in [0.05, 0.1) is 5.92 Å². The molecule has 1 N–H and O–H groups in total. The molecule has 0 aromatic carbocycles. The van der Waals surface area contributed by atoms with E-state index in [4.69, 9.17) is 5.11 Å². The molecule has 1 heterocycles. The third-order valence-corrected chi connectivity index (χ3v) is 2.69. The zero-order valence-corrected chi connectivity index (χ0v) is 8.59. The minimum atomic E-state index is -0.631. The van der Waals surface area contributed by atoms with Gasteiger partial charge in [0.15, 0.2) is 0 Å². The molecular formula is C8H14BrNO2. The molecule has 3 nitrogen and oxygen atoms in total. The van der Waals surface area contributed by atoms with Crippen molar-refractivity contribution in [3.63, 3.8) is 0 Å². The Bertz CT molecular complexity index is 155. The Hall–Kier alpha value is -0.0900. The van der Waals surface area contributed by atoms with Gasteiger partial charge in [-0.3, -0.25) is 4.79 Å². The number of carbonyl (C=O) groups is 1. The Morgan fingerprint density at radius 2 is 2.08 bits per heavy atom. The Balaban J connectivity index is 2.25. The van der Waals surface area contributed by atoms with Crippen LogP contribution in [0.2, 0.25) is 0 Å². The quantitative estimate of drug-likeness (QED) is 0.748. The van der Waals surface area contributed by atoms with Crippen molar-refractivity contribution in [2.24, 2.45) is 5.92 Å². The third kappa shape index (κ3) is 2.75. The van der Waals surface area contributed by atoms with E-state index in [1.54, 1.807) is 0 Å². The normalized spacial score (nSPS) is 21.1. The van der Waals surface area contributed by atoms with E-state index in [-0.39, 0.29) is 5.92 Å². The van der Waals surface area contributed by atoms with Crippen LogP contribution in [-0.2, 0) is 4.79 Å². The molecule has 1 saturated heterocycles. The number of hydrogen-bond acceptors (Lipinski definition) is 2. The van der Waals surface area contributed by atoms with Crippen molar-refractivity contribution in [1.82, 2.24) is 4.90 Å². The lowest BCUT2D eigenvalue weighted by Crippen LogP contribution is -2.37. The summed E-state index contributed by atoms with van der Waals surface area (Å²) in [5.74, 6) is -0.731. The molecule has 12 heavy (non-hydrogen) atoms. The van der Waals surface area contributed by atoms with E-state index in [0.29, 0.717) is 0 Å². The van der Waals surface area contributed by atoms with Crippen LogP contribution < -0.4 is 0 Å². The summed E-state index contributed by atoms with van der Waals surface area (Å²) >= 11 is 3.37. The maximum Gasteiger partial charge on any atom is 0.306 e. The molecule has 0 aromatic rings. The van der Waals surface area contributed by atoms with Crippen molar-refractivity contribution in [1.29, 1.82) is 0 Å². The molecule has 0 unspecified atom stereocenters. The highest BCUT2D eigenvalue weighted by Gasteiger charge is 2.23. The number of piperidine rings is 1. The molecule has 0 atom stereocenters. The van der Waals surface area contributed by atoms with Crippen LogP contribution in [0.5, 0.6) is 0 Å². The van der Waals surface area contributed by atoms with E-state index in [0.717, 1.165) is 37.8 Å². The summed E-state index contributed by atoms with van der Waals surface area (Å²) in [7, 11) is 0. The van der Waals surface area contributed by atoms with E-state index < -0.39 is 5.97 Å². The average Bonchev–Trinajstić information content (AvgIpc) is 2.06. The summed E-state index contributed by atoms with van der Waals surface area (Å²) in [5.41, 5.74) is 0. The lowest BCUT2D eigenvalue weighted by atomic mass is 9.97. The predicted molar refractivity (Wildman–Crippen MR) is 50.6 cm³/mol. The molecule has 0 aliphatic carbocycles. The van der Waals surface area contributed by atoms with Gasteiger partial charge in [0.25, 0.3) is 0 Å². The van der Waals surface area contributed by atoms with Gasteiger partial charge in [0.1, 0.15) is 0 Å². The van der Waals surface area contributed by atoms with E-state index in [2.05, 4.69) is 20.8 Å². The number of carboxylic acids is 1. The molecular weight excluding hydrogens is 222 g/mol. The van der Waals surface area contributed by atoms with Gasteiger partial charge in [-0.05, 0) is 25.9 Å². The number of halogens is 1. The van der Waals surface area contributed by atoms with E-state index in [1.165, 1.54) is 0 Å². The highest BCUT2D eigenvalue weighted by molar-refractivity contribution is 9.09. The fourth-order valence-electron chi connectivity index (χ4n) is 1.52. The van der Waals surface area contributed by atoms with Crippen molar-refractivity contribution < 1.29 is 9.90 Å². The molecule has 0 aromatic heterocycles. The van der Waals surface area contributed by atoms with Gasteiger partial charge < -0.3 is 10.0 Å². The monoisotopic (exact) mass is 235 g/mol. The van der Waals surface area contributed by atoms with Crippen LogP contribution >= 0.6 is 15.9 Å². The van der Waals surface area contributed by atoms with E-state index in [1.807, 2.05) is 0 Å². The van der Waals surface area contributed by atoms with Crippen LogP contribution in [0.4, 0.5) is 0 Å². The molecule has 0 radical (unpaired) electrons. The average molecular weight is 236 g/mol. The molecule has 0 spiro atoms. The summed E-state index contributed by atoms with van der Waals surface area (Å²) < 4.78 is 0. The van der Waals surface area contributed by atoms with Crippen LogP contribution in [0.15, 0.2) is 0 Å². The second-order valence-corrected chi connectivity index (χ2v) is 3.94. The zero-order valence-electron chi connectivity index (χ0n) is 7.00. The lowest BCUT2D eigenvalue weighted by Gasteiger charge is -2.29. The second kappa shape index (κ2) is 4.82. The number of aliphatic carboxylic acids is 1. The Morgan fingerprint density at radius 1 is 1.50 bits per heavy atom. The van der Waals surface area contributed by atoms with Gasteiger partial charge in [-0.2, -0.15) is 0 Å². The van der Waals surface area contributed by atoms with Crippen LogP contribution in [0.3, 0.4) is 0 Å². The Morgan fingerprint density at radius 3 is 2.50 bits per heavy atom. The number of alkyl halides is 1. The van der Waals surface area contributed by atoms with Crippen LogP contribution in [0.25, 0.3) is 0 Å². The van der Waals surface area contributed by atoms with Gasteiger partial charge in [0, 0.05) is 11.9 Å². The van der Waals surface area contributed by atoms with Gasteiger partial charge >= 0.3 is 5.97 Å². The fourth-order valence-corrected chi connectivity index (χ4v) is 2.02. The standard InChI is InChI=1S/C8H14BrNO2/c9-3-6-10-4-1-7(2-5-10)8(11)12/h7H,1-6H2,(H,11,12). The second-order valence-electron chi connectivity index (χ2n) is 3.14. The maximum absolute atomic E-state index is 10.6.